The molecular weight excluding hydrogens is 314 g/mol. The second-order valence-corrected chi connectivity index (χ2v) is 6.44. The molecule has 136 valence electrons. The zero-order chi connectivity index (χ0) is 17.7. The van der Waals surface area contributed by atoms with E-state index >= 15 is 0 Å². The number of likely N-dealkylation sites (tertiary alicyclic amines) is 1. The van der Waals surface area contributed by atoms with Gasteiger partial charge in [0.15, 0.2) is 0 Å². The van der Waals surface area contributed by atoms with Crippen LogP contribution in [0.4, 0.5) is 0 Å². The fourth-order valence-corrected chi connectivity index (χ4v) is 3.52. The zero-order valence-electron chi connectivity index (χ0n) is 14.0. The molecular formula is C16H27N3O5. The number of ether oxygens (including phenoxy) is 1. The van der Waals surface area contributed by atoms with Crippen LogP contribution in [0.3, 0.4) is 0 Å². The van der Waals surface area contributed by atoms with Gasteiger partial charge in [-0.1, -0.05) is 6.08 Å². The third-order valence-electron chi connectivity index (χ3n) is 4.58. The summed E-state index contributed by atoms with van der Waals surface area (Å²) in [5.74, 6) is -1.15. The third-order valence-corrected chi connectivity index (χ3v) is 4.58. The molecule has 5 N–H and O–H groups in total. The number of aliphatic hydroxyl groups is 1. The fraction of sp³-hybridized carbons (Fsp3) is 0.750. The highest BCUT2D eigenvalue weighted by molar-refractivity contribution is 5.87. The van der Waals surface area contributed by atoms with Crippen LogP contribution in [0.25, 0.3) is 0 Å². The SMILES string of the molecule is CC(=O)N[C@H]1[C@H](N2CCC[C@H](OCCO)C2)C=C(C(=O)O)C[C@@H]1N. The van der Waals surface area contributed by atoms with Crippen LogP contribution in [0.2, 0.25) is 0 Å². The van der Waals surface area contributed by atoms with Gasteiger partial charge in [0, 0.05) is 25.1 Å². The quantitative estimate of drug-likeness (QED) is 0.492. The first-order valence-corrected chi connectivity index (χ1v) is 8.35. The predicted octanol–water partition coefficient (Wildman–Crippen LogP) is -0.925. The maximum absolute atomic E-state index is 11.5. The first-order chi connectivity index (χ1) is 11.4. The Bertz CT molecular complexity index is 496. The Balaban J connectivity index is 2.18. The van der Waals surface area contributed by atoms with E-state index in [1.807, 2.05) is 0 Å². The molecule has 4 atom stereocenters. The number of aliphatic carboxylic acids is 1. The van der Waals surface area contributed by atoms with Crippen molar-refractivity contribution in [2.75, 3.05) is 26.3 Å². The van der Waals surface area contributed by atoms with E-state index in [2.05, 4.69) is 10.2 Å². The van der Waals surface area contributed by atoms with Crippen LogP contribution >= 0.6 is 0 Å². The number of nitrogens with one attached hydrogen (secondary N) is 1. The highest BCUT2D eigenvalue weighted by Crippen LogP contribution is 2.26. The van der Waals surface area contributed by atoms with Crippen molar-refractivity contribution in [3.63, 3.8) is 0 Å². The molecule has 0 aromatic carbocycles. The van der Waals surface area contributed by atoms with Crippen molar-refractivity contribution in [3.05, 3.63) is 11.6 Å². The van der Waals surface area contributed by atoms with Gasteiger partial charge in [0.25, 0.3) is 0 Å². The summed E-state index contributed by atoms with van der Waals surface area (Å²) in [5.41, 5.74) is 6.44. The number of aliphatic hydroxyl groups excluding tert-OH is 1. The Kier molecular flexibility index (Phi) is 6.73. The average molecular weight is 341 g/mol. The maximum atomic E-state index is 11.5. The molecule has 0 saturated carbocycles. The number of hydrogen-bond acceptors (Lipinski definition) is 6. The standard InChI is InChI=1S/C16H27N3O5/c1-10(21)18-15-13(17)7-11(16(22)23)8-14(15)19-4-2-3-12(9-19)24-6-5-20/h8,12-15,20H,2-7,9,17H2,1H3,(H,18,21)(H,22,23)/t12-,13-,14+,15+/m0/s1. The van der Waals surface area contributed by atoms with Crippen molar-refractivity contribution < 1.29 is 24.5 Å². The lowest BCUT2D eigenvalue weighted by molar-refractivity contribution is -0.133. The molecule has 8 heteroatoms. The normalized spacial score (nSPS) is 31.4. The smallest absolute Gasteiger partial charge is 0.331 e. The second kappa shape index (κ2) is 8.57. The Morgan fingerprint density at radius 2 is 2.25 bits per heavy atom. The summed E-state index contributed by atoms with van der Waals surface area (Å²) in [6.45, 7) is 3.10. The first kappa shape index (κ1) is 18.9. The molecule has 0 spiro atoms. The number of carboxylic acids is 1. The lowest BCUT2D eigenvalue weighted by atomic mass is 9.85. The van der Waals surface area contributed by atoms with Gasteiger partial charge in [0.2, 0.25) is 5.91 Å². The summed E-state index contributed by atoms with van der Waals surface area (Å²) in [6.07, 6.45) is 3.74. The molecule has 1 heterocycles. The first-order valence-electron chi connectivity index (χ1n) is 8.35. The lowest BCUT2D eigenvalue weighted by Gasteiger charge is -2.44. The highest BCUT2D eigenvalue weighted by atomic mass is 16.5. The van der Waals surface area contributed by atoms with Gasteiger partial charge in [0.1, 0.15) is 0 Å². The van der Waals surface area contributed by atoms with Crippen molar-refractivity contribution in [2.24, 2.45) is 5.73 Å². The topological polar surface area (TPSA) is 125 Å². The predicted molar refractivity (Wildman–Crippen MR) is 87.3 cm³/mol. The number of carbonyl (C=O) groups is 2. The highest BCUT2D eigenvalue weighted by Gasteiger charge is 2.38. The van der Waals surface area contributed by atoms with Gasteiger partial charge in [-0.25, -0.2) is 4.79 Å². The largest absolute Gasteiger partial charge is 0.478 e. The molecule has 0 aromatic rings. The molecule has 1 saturated heterocycles. The van der Waals surface area contributed by atoms with Gasteiger partial charge in [-0.05, 0) is 25.8 Å². The van der Waals surface area contributed by atoms with E-state index in [1.165, 1.54) is 6.92 Å². The van der Waals surface area contributed by atoms with E-state index in [4.69, 9.17) is 15.6 Å². The minimum atomic E-state index is -0.971. The second-order valence-electron chi connectivity index (χ2n) is 6.44. The van der Waals surface area contributed by atoms with Crippen LogP contribution in [-0.2, 0) is 14.3 Å². The van der Waals surface area contributed by atoms with Crippen LogP contribution in [0, 0.1) is 0 Å². The minimum absolute atomic E-state index is 0.0105. The van der Waals surface area contributed by atoms with Crippen LogP contribution in [0.15, 0.2) is 11.6 Å². The molecule has 1 amide bonds. The summed E-state index contributed by atoms with van der Waals surface area (Å²) in [5, 5.41) is 21.1. The van der Waals surface area contributed by atoms with Crippen molar-refractivity contribution in [2.45, 2.75) is 50.4 Å². The van der Waals surface area contributed by atoms with Gasteiger partial charge in [-0.3, -0.25) is 9.69 Å². The summed E-state index contributed by atoms with van der Waals surface area (Å²) < 4.78 is 5.62. The van der Waals surface area contributed by atoms with Crippen molar-refractivity contribution in [1.82, 2.24) is 10.2 Å². The number of carboxylic acid groups (broad SMARTS) is 1. The van der Waals surface area contributed by atoms with Crippen LogP contribution in [-0.4, -0.2) is 77.5 Å². The van der Waals surface area contributed by atoms with Crippen LogP contribution < -0.4 is 11.1 Å². The Morgan fingerprint density at radius 1 is 1.50 bits per heavy atom. The molecule has 0 unspecified atom stereocenters. The molecule has 1 aliphatic heterocycles. The molecule has 2 rings (SSSR count). The summed E-state index contributed by atoms with van der Waals surface area (Å²) >= 11 is 0. The van der Waals surface area contributed by atoms with Crippen LogP contribution in [0.1, 0.15) is 26.2 Å². The molecule has 0 aromatic heterocycles. The maximum Gasteiger partial charge on any atom is 0.331 e. The van der Waals surface area contributed by atoms with Crippen LogP contribution in [0.5, 0.6) is 0 Å². The fourth-order valence-electron chi connectivity index (χ4n) is 3.52. The van der Waals surface area contributed by atoms with E-state index in [-0.39, 0.29) is 49.3 Å². The summed E-state index contributed by atoms with van der Waals surface area (Å²) in [7, 11) is 0. The van der Waals surface area contributed by atoms with E-state index in [1.54, 1.807) is 6.08 Å². The summed E-state index contributed by atoms with van der Waals surface area (Å²) in [4.78, 5) is 25.0. The zero-order valence-corrected chi connectivity index (χ0v) is 14.0. The van der Waals surface area contributed by atoms with Gasteiger partial charge in [-0.2, -0.15) is 0 Å². The van der Waals surface area contributed by atoms with Gasteiger partial charge < -0.3 is 26.0 Å². The van der Waals surface area contributed by atoms with Gasteiger partial charge in [-0.15, -0.1) is 0 Å². The van der Waals surface area contributed by atoms with E-state index in [9.17, 15) is 14.7 Å². The molecule has 8 nitrogen and oxygen atoms in total. The molecule has 1 aliphatic carbocycles. The Morgan fingerprint density at radius 3 is 2.88 bits per heavy atom. The van der Waals surface area contributed by atoms with E-state index < -0.39 is 12.0 Å². The number of nitrogens with zero attached hydrogens (tertiary/aromatic N) is 1. The number of hydrogen-bond donors (Lipinski definition) is 4. The molecule has 0 radical (unpaired) electrons. The Labute approximate surface area is 141 Å². The Hall–Kier alpha value is -1.48. The van der Waals surface area contributed by atoms with Gasteiger partial charge >= 0.3 is 5.97 Å². The third kappa shape index (κ3) is 4.76. The summed E-state index contributed by atoms with van der Waals surface area (Å²) in [6, 6.07) is -1.06. The number of piperidine rings is 1. The number of carbonyl (C=O) groups excluding carboxylic acids is 1. The number of rotatable bonds is 6. The molecule has 2 aliphatic rings. The lowest BCUT2D eigenvalue weighted by Crippen LogP contribution is -2.62. The number of amides is 1. The molecule has 24 heavy (non-hydrogen) atoms. The minimum Gasteiger partial charge on any atom is -0.478 e. The van der Waals surface area contributed by atoms with Crippen molar-refractivity contribution >= 4 is 11.9 Å². The van der Waals surface area contributed by atoms with E-state index in [0.29, 0.717) is 6.54 Å². The van der Waals surface area contributed by atoms with E-state index in [0.717, 1.165) is 19.4 Å². The van der Waals surface area contributed by atoms with Crippen molar-refractivity contribution in [1.29, 1.82) is 0 Å². The molecule has 1 fully saturated rings. The van der Waals surface area contributed by atoms with Gasteiger partial charge in [0.05, 0.1) is 31.4 Å². The number of nitrogens with two attached hydrogens (primary N) is 1. The molecule has 0 bridgehead atoms. The average Bonchev–Trinajstić information content (AvgIpc) is 2.54. The monoisotopic (exact) mass is 341 g/mol. The van der Waals surface area contributed by atoms with Crippen molar-refractivity contribution in [3.8, 4) is 0 Å².